The summed E-state index contributed by atoms with van der Waals surface area (Å²) >= 11 is 0. The quantitative estimate of drug-likeness (QED) is 0.587. The number of hydrogen-bond donors (Lipinski definition) is 1. The second-order valence-corrected chi connectivity index (χ2v) is 9.26. The Kier molecular flexibility index (Phi) is 4.84. The Balaban J connectivity index is 1.60. The summed E-state index contributed by atoms with van der Waals surface area (Å²) in [5.74, 6) is -1.01. The van der Waals surface area contributed by atoms with Crippen molar-refractivity contribution in [3.8, 4) is 0 Å². The van der Waals surface area contributed by atoms with Crippen molar-refractivity contribution >= 4 is 34.9 Å². The Bertz CT molecular complexity index is 1100. The highest BCUT2D eigenvalue weighted by molar-refractivity contribution is 6.21. The average molecular weight is 418 g/mol. The zero-order valence-electron chi connectivity index (χ0n) is 18.2. The predicted octanol–water partition coefficient (Wildman–Crippen LogP) is 4.46. The SMILES string of the molecule is CC(=O)c1ccc(NC(=O)c2cccc(N3C(=O)[C@H]4CC[C@@](C)(C3=O)C4(C)C)c2)cc1. The molecule has 6 nitrogen and oxygen atoms in total. The number of anilines is 2. The molecule has 0 aromatic heterocycles. The highest BCUT2D eigenvalue weighted by Gasteiger charge is 2.64. The van der Waals surface area contributed by atoms with Crippen LogP contribution < -0.4 is 10.2 Å². The largest absolute Gasteiger partial charge is 0.322 e. The van der Waals surface area contributed by atoms with E-state index >= 15 is 0 Å². The van der Waals surface area contributed by atoms with Gasteiger partial charge in [-0.25, -0.2) is 4.90 Å². The fourth-order valence-corrected chi connectivity index (χ4v) is 4.84. The molecule has 1 N–H and O–H groups in total. The number of rotatable bonds is 4. The van der Waals surface area contributed by atoms with Crippen LogP contribution in [0.4, 0.5) is 11.4 Å². The molecule has 160 valence electrons. The van der Waals surface area contributed by atoms with E-state index in [1.54, 1.807) is 48.5 Å². The molecule has 3 amide bonds. The summed E-state index contributed by atoms with van der Waals surface area (Å²) in [7, 11) is 0. The number of Topliss-reactive ketones (excluding diaryl/α,β-unsaturated/α-hetero) is 1. The highest BCUT2D eigenvalue weighted by Crippen LogP contribution is 2.60. The van der Waals surface area contributed by atoms with E-state index in [1.165, 1.54) is 11.8 Å². The van der Waals surface area contributed by atoms with E-state index in [2.05, 4.69) is 5.32 Å². The van der Waals surface area contributed by atoms with Gasteiger partial charge in [0.15, 0.2) is 5.78 Å². The fourth-order valence-electron chi connectivity index (χ4n) is 4.84. The molecule has 1 aliphatic carbocycles. The lowest BCUT2D eigenvalue weighted by atomic mass is 9.62. The number of benzene rings is 2. The lowest BCUT2D eigenvalue weighted by Crippen LogP contribution is -2.59. The second kappa shape index (κ2) is 7.15. The van der Waals surface area contributed by atoms with Gasteiger partial charge in [-0.2, -0.15) is 0 Å². The molecular formula is C25H26N2O4. The van der Waals surface area contributed by atoms with Crippen LogP contribution in [0.15, 0.2) is 48.5 Å². The number of nitrogens with zero attached hydrogens (tertiary/aromatic N) is 1. The molecule has 4 rings (SSSR count). The lowest BCUT2D eigenvalue weighted by molar-refractivity contribution is -0.146. The van der Waals surface area contributed by atoms with Crippen LogP contribution in [0.5, 0.6) is 0 Å². The maximum absolute atomic E-state index is 13.4. The van der Waals surface area contributed by atoms with Gasteiger partial charge in [-0.15, -0.1) is 0 Å². The predicted molar refractivity (Wildman–Crippen MR) is 118 cm³/mol. The van der Waals surface area contributed by atoms with Crippen molar-refractivity contribution in [3.63, 3.8) is 0 Å². The molecule has 2 bridgehead atoms. The zero-order valence-corrected chi connectivity index (χ0v) is 18.2. The minimum absolute atomic E-state index is 0.0488. The summed E-state index contributed by atoms with van der Waals surface area (Å²) < 4.78 is 0. The summed E-state index contributed by atoms with van der Waals surface area (Å²) in [4.78, 5) is 52.0. The first-order valence-corrected chi connectivity index (χ1v) is 10.5. The Morgan fingerprint density at radius 2 is 1.68 bits per heavy atom. The molecule has 2 aromatic carbocycles. The number of carbonyl (C=O) groups is 4. The normalized spacial score (nSPS) is 24.3. The number of piperidine rings is 1. The van der Waals surface area contributed by atoms with Crippen molar-refractivity contribution in [2.75, 3.05) is 10.2 Å². The first kappa shape index (κ1) is 21.0. The van der Waals surface area contributed by atoms with E-state index in [1.807, 2.05) is 20.8 Å². The van der Waals surface area contributed by atoms with Crippen LogP contribution in [0.25, 0.3) is 0 Å². The number of ketones is 1. The second-order valence-electron chi connectivity index (χ2n) is 9.26. The minimum Gasteiger partial charge on any atom is -0.322 e. The summed E-state index contributed by atoms with van der Waals surface area (Å²) in [6, 6.07) is 13.2. The van der Waals surface area contributed by atoms with Gasteiger partial charge in [0.1, 0.15) is 0 Å². The number of nitrogens with one attached hydrogen (secondary N) is 1. The van der Waals surface area contributed by atoms with Crippen LogP contribution in [0.1, 0.15) is 61.3 Å². The maximum Gasteiger partial charge on any atom is 0.255 e. The average Bonchev–Trinajstić information content (AvgIpc) is 2.91. The first-order chi connectivity index (χ1) is 14.6. The number of hydrogen-bond acceptors (Lipinski definition) is 4. The van der Waals surface area contributed by atoms with Gasteiger partial charge in [0.25, 0.3) is 5.91 Å². The van der Waals surface area contributed by atoms with Gasteiger partial charge < -0.3 is 5.32 Å². The van der Waals surface area contributed by atoms with Crippen LogP contribution in [0.2, 0.25) is 0 Å². The van der Waals surface area contributed by atoms with Crippen LogP contribution >= 0.6 is 0 Å². The van der Waals surface area contributed by atoms with E-state index in [4.69, 9.17) is 0 Å². The maximum atomic E-state index is 13.4. The third-order valence-corrected chi connectivity index (χ3v) is 7.34. The van der Waals surface area contributed by atoms with Gasteiger partial charge in [0.05, 0.1) is 11.1 Å². The zero-order chi connectivity index (χ0) is 22.6. The molecule has 6 heteroatoms. The van der Waals surface area contributed by atoms with Crippen molar-refractivity contribution in [1.29, 1.82) is 0 Å². The van der Waals surface area contributed by atoms with E-state index in [-0.39, 0.29) is 29.4 Å². The lowest BCUT2D eigenvalue weighted by Gasteiger charge is -2.47. The Labute approximate surface area is 181 Å². The van der Waals surface area contributed by atoms with Crippen molar-refractivity contribution < 1.29 is 19.2 Å². The molecule has 0 spiro atoms. The number of carbonyl (C=O) groups excluding carboxylic acids is 4. The molecular weight excluding hydrogens is 392 g/mol. The molecule has 1 saturated carbocycles. The molecule has 1 aliphatic heterocycles. The Morgan fingerprint density at radius 3 is 2.32 bits per heavy atom. The van der Waals surface area contributed by atoms with Crippen molar-refractivity contribution in [1.82, 2.24) is 0 Å². The summed E-state index contributed by atoms with van der Waals surface area (Å²) in [5, 5.41) is 2.79. The molecule has 0 unspecified atom stereocenters. The van der Waals surface area contributed by atoms with Crippen molar-refractivity contribution in [2.45, 2.75) is 40.5 Å². The van der Waals surface area contributed by atoms with Crippen LogP contribution in [0, 0.1) is 16.7 Å². The van der Waals surface area contributed by atoms with Gasteiger partial charge in [-0.05, 0) is 67.6 Å². The molecule has 1 saturated heterocycles. The third-order valence-electron chi connectivity index (χ3n) is 7.34. The topological polar surface area (TPSA) is 83.6 Å². The van der Waals surface area contributed by atoms with Crippen LogP contribution in [-0.2, 0) is 9.59 Å². The summed E-state index contributed by atoms with van der Waals surface area (Å²) in [5.41, 5.74) is 0.881. The first-order valence-electron chi connectivity index (χ1n) is 10.5. The molecule has 0 radical (unpaired) electrons. The third kappa shape index (κ3) is 3.17. The minimum atomic E-state index is -0.609. The monoisotopic (exact) mass is 418 g/mol. The van der Waals surface area contributed by atoms with Gasteiger partial charge >= 0.3 is 0 Å². The van der Waals surface area contributed by atoms with Crippen molar-refractivity contribution in [2.24, 2.45) is 16.7 Å². The van der Waals surface area contributed by atoms with Crippen LogP contribution in [0.3, 0.4) is 0 Å². The van der Waals surface area contributed by atoms with Crippen molar-refractivity contribution in [3.05, 3.63) is 59.7 Å². The molecule has 2 atom stereocenters. The van der Waals surface area contributed by atoms with Gasteiger partial charge in [-0.3, -0.25) is 19.2 Å². The summed E-state index contributed by atoms with van der Waals surface area (Å²) in [6.07, 6.45) is 1.38. The fraction of sp³-hybridized carbons (Fsp3) is 0.360. The Hall–Kier alpha value is -3.28. The van der Waals surface area contributed by atoms with Crippen LogP contribution in [-0.4, -0.2) is 23.5 Å². The molecule has 2 aromatic rings. The van der Waals surface area contributed by atoms with Gasteiger partial charge in [0.2, 0.25) is 11.8 Å². The molecule has 2 fully saturated rings. The molecule has 2 aliphatic rings. The standard InChI is InChI=1S/C25H26N2O4/c1-15(28)16-8-10-18(11-9-16)26-21(29)17-6-5-7-19(14-17)27-22(30)20-12-13-25(4,23(27)31)24(20,2)3/h5-11,14,20H,12-13H2,1-4H3,(H,26,29)/t20-,25+/m1/s1. The summed E-state index contributed by atoms with van der Waals surface area (Å²) in [6.45, 7) is 7.42. The highest BCUT2D eigenvalue weighted by atomic mass is 16.2. The number of imide groups is 1. The molecule has 31 heavy (non-hydrogen) atoms. The van der Waals surface area contributed by atoms with E-state index in [0.717, 1.165) is 0 Å². The number of amides is 3. The van der Waals surface area contributed by atoms with E-state index in [9.17, 15) is 19.2 Å². The molecule has 1 heterocycles. The van der Waals surface area contributed by atoms with E-state index < -0.39 is 10.8 Å². The Morgan fingerprint density at radius 1 is 1.00 bits per heavy atom. The van der Waals surface area contributed by atoms with E-state index in [0.29, 0.717) is 35.3 Å². The van der Waals surface area contributed by atoms with Gasteiger partial charge in [0, 0.05) is 22.7 Å². The van der Waals surface area contributed by atoms with Gasteiger partial charge in [-0.1, -0.05) is 26.8 Å². The number of fused-ring (bicyclic) bond motifs is 2. The smallest absolute Gasteiger partial charge is 0.255 e.